The predicted molar refractivity (Wildman–Crippen MR) is 78.3 cm³/mol. The van der Waals surface area contributed by atoms with Gasteiger partial charge in [-0.25, -0.2) is 4.98 Å². The highest BCUT2D eigenvalue weighted by molar-refractivity contribution is 5.82. The zero-order chi connectivity index (χ0) is 14.3. The summed E-state index contributed by atoms with van der Waals surface area (Å²) in [5.74, 6) is 0.233. The van der Waals surface area contributed by atoms with Crippen LogP contribution < -0.4 is 0 Å². The second kappa shape index (κ2) is 4.62. The van der Waals surface area contributed by atoms with E-state index in [9.17, 15) is 4.79 Å². The van der Waals surface area contributed by atoms with Crippen molar-refractivity contribution in [1.82, 2.24) is 14.3 Å². The average molecular weight is 271 g/mol. The molecule has 1 amide bonds. The van der Waals surface area contributed by atoms with Gasteiger partial charge in [-0.2, -0.15) is 0 Å². The third-order valence-electron chi connectivity index (χ3n) is 3.96. The van der Waals surface area contributed by atoms with Crippen LogP contribution in [0.2, 0.25) is 0 Å². The number of fused-ring (bicyclic) bond motifs is 1. The van der Waals surface area contributed by atoms with Gasteiger partial charge >= 0.3 is 0 Å². The number of nitrogens with zero attached hydrogens (tertiary/aromatic N) is 3. The van der Waals surface area contributed by atoms with E-state index in [0.29, 0.717) is 0 Å². The van der Waals surface area contributed by atoms with E-state index in [1.165, 1.54) is 0 Å². The number of carbonyl (C=O) groups excluding carboxylic acids is 1. The lowest BCUT2D eigenvalue weighted by molar-refractivity contribution is -0.140. The minimum atomic E-state index is -0.328. The number of carbonyl (C=O) groups is 1. The number of rotatable bonds is 1. The molecule has 4 heteroatoms. The molecular weight excluding hydrogens is 250 g/mol. The maximum absolute atomic E-state index is 12.6. The molecule has 1 saturated heterocycles. The predicted octanol–water partition coefficient (Wildman–Crippen LogP) is 3.04. The summed E-state index contributed by atoms with van der Waals surface area (Å²) < 4.78 is 2.10. The van der Waals surface area contributed by atoms with Crippen molar-refractivity contribution in [3.63, 3.8) is 0 Å². The summed E-state index contributed by atoms with van der Waals surface area (Å²) in [4.78, 5) is 19.0. The molecule has 0 spiro atoms. The molecule has 4 nitrogen and oxygen atoms in total. The highest BCUT2D eigenvalue weighted by Gasteiger charge is 2.36. The topological polar surface area (TPSA) is 37.6 Å². The molecule has 0 aliphatic carbocycles. The lowest BCUT2D eigenvalue weighted by atomic mass is 9.94. The number of hydrogen-bond acceptors (Lipinski definition) is 2. The fourth-order valence-corrected chi connectivity index (χ4v) is 2.99. The Morgan fingerprint density at radius 3 is 2.90 bits per heavy atom. The third kappa shape index (κ3) is 2.09. The van der Waals surface area contributed by atoms with E-state index in [0.717, 1.165) is 30.7 Å². The number of imidazole rings is 1. The molecule has 0 unspecified atom stereocenters. The number of pyridine rings is 1. The van der Waals surface area contributed by atoms with E-state index in [4.69, 9.17) is 0 Å². The monoisotopic (exact) mass is 271 g/mol. The summed E-state index contributed by atoms with van der Waals surface area (Å²) in [5, 5.41) is 0. The van der Waals surface area contributed by atoms with Crippen molar-refractivity contribution >= 4 is 11.6 Å². The van der Waals surface area contributed by atoms with E-state index < -0.39 is 0 Å². The lowest BCUT2D eigenvalue weighted by Gasteiger charge is -2.31. The first kappa shape index (κ1) is 13.2. The Balaban J connectivity index is 2.01. The van der Waals surface area contributed by atoms with Gasteiger partial charge in [0.05, 0.1) is 6.04 Å². The first-order valence-corrected chi connectivity index (χ1v) is 7.21. The largest absolute Gasteiger partial charge is 0.334 e. The smallest absolute Gasteiger partial charge is 0.228 e. The number of likely N-dealkylation sites (tertiary alicyclic amines) is 1. The van der Waals surface area contributed by atoms with Crippen LogP contribution in [0.1, 0.15) is 45.3 Å². The van der Waals surface area contributed by atoms with E-state index in [1.54, 1.807) is 0 Å². The molecule has 0 aromatic carbocycles. The van der Waals surface area contributed by atoms with Crippen molar-refractivity contribution in [2.24, 2.45) is 5.41 Å². The molecule has 3 rings (SSSR count). The normalized spacial score (nSPS) is 19.8. The minimum absolute atomic E-state index is 0.166. The van der Waals surface area contributed by atoms with E-state index in [1.807, 2.05) is 50.2 Å². The van der Waals surface area contributed by atoms with E-state index >= 15 is 0 Å². The third-order valence-corrected chi connectivity index (χ3v) is 3.96. The van der Waals surface area contributed by atoms with Gasteiger partial charge < -0.3 is 9.30 Å². The Bertz CT molecular complexity index is 638. The fourth-order valence-electron chi connectivity index (χ4n) is 2.99. The molecule has 2 aromatic heterocycles. The van der Waals surface area contributed by atoms with Crippen LogP contribution in [0.3, 0.4) is 0 Å². The number of aromatic nitrogens is 2. The summed E-state index contributed by atoms with van der Waals surface area (Å²) in [6.07, 6.45) is 5.88. The van der Waals surface area contributed by atoms with Crippen LogP contribution in [0.4, 0.5) is 0 Å². The zero-order valence-corrected chi connectivity index (χ0v) is 12.3. The Kier molecular flexibility index (Phi) is 3.04. The van der Waals surface area contributed by atoms with Gasteiger partial charge in [0.1, 0.15) is 5.65 Å². The maximum atomic E-state index is 12.6. The molecule has 0 N–H and O–H groups in total. The number of hydrogen-bond donors (Lipinski definition) is 0. The highest BCUT2D eigenvalue weighted by atomic mass is 16.2. The molecule has 0 saturated carbocycles. The van der Waals surface area contributed by atoms with Crippen LogP contribution in [-0.4, -0.2) is 26.7 Å². The Morgan fingerprint density at radius 1 is 1.35 bits per heavy atom. The Morgan fingerprint density at radius 2 is 2.15 bits per heavy atom. The molecule has 0 radical (unpaired) electrons. The molecule has 0 bridgehead atoms. The standard InChI is InChI=1S/C16H21N3O/c1-16(2,3)15(20)19-10-5-7-13(19)12-6-4-8-14-17-9-11-18(12)14/h4,6,8-9,11,13H,5,7,10H2,1-3H3/t13-/m1/s1. The Labute approximate surface area is 119 Å². The van der Waals surface area contributed by atoms with Crippen molar-refractivity contribution < 1.29 is 4.79 Å². The van der Waals surface area contributed by atoms with E-state index in [2.05, 4.69) is 15.5 Å². The van der Waals surface area contributed by atoms with Gasteiger partial charge in [0.15, 0.2) is 0 Å². The Hall–Kier alpha value is -1.84. The van der Waals surface area contributed by atoms with Crippen molar-refractivity contribution in [2.75, 3.05) is 6.54 Å². The zero-order valence-electron chi connectivity index (χ0n) is 12.3. The maximum Gasteiger partial charge on any atom is 0.228 e. The molecule has 1 aliphatic rings. The van der Waals surface area contributed by atoms with Crippen molar-refractivity contribution in [1.29, 1.82) is 0 Å². The molecule has 106 valence electrons. The SMILES string of the molecule is CC(C)(C)C(=O)N1CCC[C@@H]1c1cccc2nccn12. The molecular formula is C16H21N3O. The van der Waals surface area contributed by atoms with Crippen LogP contribution in [0, 0.1) is 5.41 Å². The summed E-state index contributed by atoms with van der Waals surface area (Å²) >= 11 is 0. The van der Waals surface area contributed by atoms with Crippen LogP contribution in [0.15, 0.2) is 30.6 Å². The van der Waals surface area contributed by atoms with Crippen LogP contribution in [0.25, 0.3) is 5.65 Å². The van der Waals surface area contributed by atoms with Gasteiger partial charge in [0.2, 0.25) is 5.91 Å². The molecule has 1 atom stereocenters. The average Bonchev–Trinajstić information content (AvgIpc) is 3.04. The lowest BCUT2D eigenvalue weighted by Crippen LogP contribution is -2.39. The van der Waals surface area contributed by atoms with Crippen molar-refractivity contribution in [3.8, 4) is 0 Å². The van der Waals surface area contributed by atoms with Crippen LogP contribution in [-0.2, 0) is 4.79 Å². The van der Waals surface area contributed by atoms with Gasteiger partial charge in [-0.1, -0.05) is 26.8 Å². The highest BCUT2D eigenvalue weighted by Crippen LogP contribution is 2.35. The van der Waals surface area contributed by atoms with Gasteiger partial charge in [0, 0.05) is 30.0 Å². The molecule has 1 aliphatic heterocycles. The quantitative estimate of drug-likeness (QED) is 0.799. The molecule has 2 aromatic rings. The van der Waals surface area contributed by atoms with E-state index in [-0.39, 0.29) is 17.4 Å². The van der Waals surface area contributed by atoms with Gasteiger partial charge in [-0.05, 0) is 25.0 Å². The summed E-state index contributed by atoms with van der Waals surface area (Å²) in [6, 6.07) is 6.29. The summed E-state index contributed by atoms with van der Waals surface area (Å²) in [6.45, 7) is 6.82. The fraction of sp³-hybridized carbons (Fsp3) is 0.500. The molecule has 3 heterocycles. The van der Waals surface area contributed by atoms with Crippen molar-refractivity contribution in [2.45, 2.75) is 39.7 Å². The van der Waals surface area contributed by atoms with Crippen molar-refractivity contribution in [3.05, 3.63) is 36.3 Å². The summed E-state index contributed by atoms with van der Waals surface area (Å²) in [5.41, 5.74) is 1.78. The minimum Gasteiger partial charge on any atom is -0.334 e. The van der Waals surface area contributed by atoms with Gasteiger partial charge in [-0.15, -0.1) is 0 Å². The van der Waals surface area contributed by atoms with Crippen LogP contribution >= 0.6 is 0 Å². The van der Waals surface area contributed by atoms with Crippen LogP contribution in [0.5, 0.6) is 0 Å². The second-order valence-corrected chi connectivity index (χ2v) is 6.51. The molecule has 20 heavy (non-hydrogen) atoms. The molecule has 1 fully saturated rings. The van der Waals surface area contributed by atoms with Gasteiger partial charge in [-0.3, -0.25) is 4.79 Å². The number of amides is 1. The first-order valence-electron chi connectivity index (χ1n) is 7.21. The first-order chi connectivity index (χ1) is 9.48. The summed E-state index contributed by atoms with van der Waals surface area (Å²) in [7, 11) is 0. The van der Waals surface area contributed by atoms with Gasteiger partial charge in [0.25, 0.3) is 0 Å². The second-order valence-electron chi connectivity index (χ2n) is 6.51.